The summed E-state index contributed by atoms with van der Waals surface area (Å²) in [6.07, 6.45) is 0. The first-order valence-electron chi connectivity index (χ1n) is 7.84. The molecule has 0 aliphatic heterocycles. The molecular weight excluding hydrogens is 464 g/mol. The van der Waals surface area contributed by atoms with Gasteiger partial charge >= 0.3 is 0 Å². The molecule has 0 aliphatic rings. The zero-order valence-electron chi connectivity index (χ0n) is 14.6. The Hall–Kier alpha value is -0.910. The van der Waals surface area contributed by atoms with Crippen LogP contribution in [0.1, 0.15) is 48.4 Å². The Bertz CT molecular complexity index is 700. The lowest BCUT2D eigenvalue weighted by molar-refractivity contribution is 0.0954. The molecule has 0 atom stereocenters. The molecule has 0 aromatic heterocycles. The monoisotopic (exact) mass is 482 g/mol. The first-order chi connectivity index (χ1) is 11.5. The van der Waals surface area contributed by atoms with Gasteiger partial charge in [-0.25, -0.2) is 0 Å². The molecule has 0 heterocycles. The highest BCUT2D eigenvalue weighted by Crippen LogP contribution is 2.30. The molecule has 0 N–H and O–H groups in total. The van der Waals surface area contributed by atoms with E-state index in [0.29, 0.717) is 11.1 Å². The average molecular weight is 484 g/mol. The molecule has 0 radical (unpaired) electrons. The fourth-order valence-corrected chi connectivity index (χ4v) is 3.45. The summed E-state index contributed by atoms with van der Waals surface area (Å²) in [5.74, 6) is 0.119. The lowest BCUT2D eigenvalue weighted by Gasteiger charge is -2.15. The minimum absolute atomic E-state index is 0.0595. The molecule has 5 heteroatoms. The highest BCUT2D eigenvalue weighted by Gasteiger charge is 2.25. The Morgan fingerprint density at radius 1 is 0.680 bits per heavy atom. The van der Waals surface area contributed by atoms with Gasteiger partial charge in [0.1, 0.15) is 0 Å². The van der Waals surface area contributed by atoms with Gasteiger partial charge in [0.2, 0.25) is 0 Å². The molecule has 2 aromatic rings. The van der Waals surface area contributed by atoms with Crippen molar-refractivity contribution in [3.8, 4) is 0 Å². The van der Waals surface area contributed by atoms with Crippen LogP contribution < -0.4 is 0 Å². The van der Waals surface area contributed by atoms with Crippen molar-refractivity contribution < 1.29 is 9.59 Å². The number of hydrogen-bond donors (Lipinski definition) is 0. The summed E-state index contributed by atoms with van der Waals surface area (Å²) < 4.78 is -1.12. The summed E-state index contributed by atoms with van der Waals surface area (Å²) in [7, 11) is 0. The largest absolute Gasteiger partial charge is 0.293 e. The maximum Gasteiger partial charge on any atom is 0.178 e. The topological polar surface area (TPSA) is 34.1 Å². The molecule has 2 aromatic carbocycles. The molecule has 0 fully saturated rings. The van der Waals surface area contributed by atoms with Gasteiger partial charge in [0.25, 0.3) is 0 Å². The molecule has 0 saturated carbocycles. The van der Waals surface area contributed by atoms with Crippen LogP contribution in [0.15, 0.2) is 58.3 Å². The van der Waals surface area contributed by atoms with E-state index in [9.17, 15) is 9.59 Å². The Morgan fingerprint density at radius 3 is 1.20 bits per heavy atom. The number of alkyl halides is 2. The number of rotatable bonds is 6. The van der Waals surface area contributed by atoms with Crippen molar-refractivity contribution in [2.75, 3.05) is 0 Å². The highest BCUT2D eigenvalue weighted by molar-refractivity contribution is 9.10. The molecule has 0 amide bonds. The molecule has 0 unspecified atom stereocenters. The van der Waals surface area contributed by atoms with Gasteiger partial charge in [-0.05, 0) is 52.0 Å². The number of carbonyl (C=O) groups excluding carboxylic acids is 2. The summed E-state index contributed by atoms with van der Waals surface area (Å²) in [5.41, 5.74) is 1.37. The van der Waals surface area contributed by atoms with Crippen molar-refractivity contribution >= 4 is 55.2 Å². The van der Waals surface area contributed by atoms with E-state index in [1.165, 1.54) is 0 Å². The first kappa shape index (κ1) is 20.4. The predicted octanol–water partition coefficient (Wildman–Crippen LogP) is 6.55. The molecular formula is C20H20Br2O2S. The van der Waals surface area contributed by atoms with Crippen molar-refractivity contribution in [3.05, 3.63) is 59.7 Å². The Morgan fingerprint density at radius 2 is 0.960 bits per heavy atom. The van der Waals surface area contributed by atoms with Gasteiger partial charge in [0.15, 0.2) is 11.6 Å². The van der Waals surface area contributed by atoms with Crippen LogP contribution in [-0.4, -0.2) is 20.2 Å². The SMILES string of the molecule is CC(C)(Br)C(=O)c1ccc(Sc2ccc(C(=O)C(C)(C)Br)cc2)cc1. The fourth-order valence-electron chi connectivity index (χ4n) is 2.17. The summed E-state index contributed by atoms with van der Waals surface area (Å²) >= 11 is 8.40. The van der Waals surface area contributed by atoms with Gasteiger partial charge in [-0.15, -0.1) is 0 Å². The van der Waals surface area contributed by atoms with Crippen LogP contribution in [-0.2, 0) is 0 Å². The Kier molecular flexibility index (Phi) is 6.34. The maximum absolute atomic E-state index is 12.2. The molecule has 132 valence electrons. The number of hydrogen-bond acceptors (Lipinski definition) is 3. The number of ketones is 2. The van der Waals surface area contributed by atoms with Crippen molar-refractivity contribution in [2.45, 2.75) is 46.1 Å². The van der Waals surface area contributed by atoms with Crippen LogP contribution in [0.3, 0.4) is 0 Å². The number of halogens is 2. The average Bonchev–Trinajstić information content (AvgIpc) is 2.53. The predicted molar refractivity (Wildman–Crippen MR) is 112 cm³/mol. The summed E-state index contributed by atoms with van der Waals surface area (Å²) in [5, 5.41) is 0. The van der Waals surface area contributed by atoms with E-state index < -0.39 is 8.65 Å². The standard InChI is InChI=1S/C20H20Br2O2S/c1-19(2,21)17(23)13-5-9-15(10-6-13)25-16-11-7-14(8-12-16)18(24)20(3,4)22/h5-12H,1-4H3. The van der Waals surface area contributed by atoms with Gasteiger partial charge in [-0.2, -0.15) is 0 Å². The van der Waals surface area contributed by atoms with E-state index in [4.69, 9.17) is 0 Å². The first-order valence-corrected chi connectivity index (χ1v) is 10.2. The third-order valence-corrected chi connectivity index (χ3v) is 5.28. The molecule has 25 heavy (non-hydrogen) atoms. The molecule has 0 aliphatic carbocycles. The second kappa shape index (κ2) is 7.77. The number of carbonyl (C=O) groups is 2. The van der Waals surface area contributed by atoms with E-state index in [0.717, 1.165) is 9.79 Å². The maximum atomic E-state index is 12.2. The van der Waals surface area contributed by atoms with Crippen molar-refractivity contribution in [1.29, 1.82) is 0 Å². The van der Waals surface area contributed by atoms with Crippen molar-refractivity contribution in [2.24, 2.45) is 0 Å². The summed E-state index contributed by atoms with van der Waals surface area (Å²) in [6, 6.07) is 15.2. The highest BCUT2D eigenvalue weighted by atomic mass is 79.9. The van der Waals surface area contributed by atoms with E-state index >= 15 is 0 Å². The molecule has 2 rings (SSSR count). The van der Waals surface area contributed by atoms with Crippen LogP contribution >= 0.6 is 43.6 Å². The second-order valence-corrected chi connectivity index (χ2v) is 11.9. The second-order valence-electron chi connectivity index (χ2n) is 6.75. The zero-order chi connectivity index (χ0) is 18.8. The van der Waals surface area contributed by atoms with Crippen LogP contribution in [0, 0.1) is 0 Å². The quantitative estimate of drug-likeness (QED) is 0.345. The third kappa shape index (κ3) is 5.53. The lowest BCUT2D eigenvalue weighted by atomic mass is 10.0. The normalized spacial score (nSPS) is 12.1. The molecule has 2 nitrogen and oxygen atoms in total. The third-order valence-electron chi connectivity index (χ3n) is 3.55. The van der Waals surface area contributed by atoms with Gasteiger partial charge in [-0.3, -0.25) is 9.59 Å². The number of benzene rings is 2. The molecule has 0 spiro atoms. The number of Topliss-reactive ketones (excluding diaryl/α,β-unsaturated/α-hetero) is 2. The van der Waals surface area contributed by atoms with Crippen molar-refractivity contribution in [1.82, 2.24) is 0 Å². The van der Waals surface area contributed by atoms with Gasteiger partial charge in [0.05, 0.1) is 8.65 Å². The van der Waals surface area contributed by atoms with E-state index in [-0.39, 0.29) is 11.6 Å². The Balaban J connectivity index is 2.10. The fraction of sp³-hybridized carbons (Fsp3) is 0.300. The minimum Gasteiger partial charge on any atom is -0.293 e. The minimum atomic E-state index is -0.562. The summed E-state index contributed by atoms with van der Waals surface area (Å²) in [6.45, 7) is 7.37. The van der Waals surface area contributed by atoms with E-state index in [1.807, 2.05) is 76.2 Å². The van der Waals surface area contributed by atoms with Crippen LogP contribution in [0.25, 0.3) is 0 Å². The van der Waals surface area contributed by atoms with Gasteiger partial charge in [0, 0.05) is 20.9 Å². The van der Waals surface area contributed by atoms with Gasteiger partial charge < -0.3 is 0 Å². The van der Waals surface area contributed by atoms with Crippen LogP contribution in [0.4, 0.5) is 0 Å². The molecule has 0 bridgehead atoms. The lowest BCUT2D eigenvalue weighted by Crippen LogP contribution is -2.23. The van der Waals surface area contributed by atoms with Gasteiger partial charge in [-0.1, -0.05) is 67.9 Å². The van der Waals surface area contributed by atoms with Crippen LogP contribution in [0.5, 0.6) is 0 Å². The van der Waals surface area contributed by atoms with Crippen LogP contribution in [0.2, 0.25) is 0 Å². The van der Waals surface area contributed by atoms with Crippen molar-refractivity contribution in [3.63, 3.8) is 0 Å². The van der Waals surface area contributed by atoms with E-state index in [1.54, 1.807) is 11.8 Å². The zero-order valence-corrected chi connectivity index (χ0v) is 18.6. The summed E-state index contributed by atoms with van der Waals surface area (Å²) in [4.78, 5) is 26.5. The molecule has 0 saturated heterocycles. The van der Waals surface area contributed by atoms with E-state index in [2.05, 4.69) is 31.9 Å². The Labute approximate surface area is 170 Å². The smallest absolute Gasteiger partial charge is 0.178 e.